The van der Waals surface area contributed by atoms with Gasteiger partial charge in [-0.15, -0.1) is 0 Å². The van der Waals surface area contributed by atoms with Gasteiger partial charge in [0.25, 0.3) is 15.9 Å². The van der Waals surface area contributed by atoms with E-state index >= 15 is 0 Å². The van der Waals surface area contributed by atoms with Crippen LogP contribution in [-0.4, -0.2) is 84.5 Å². The molecule has 2 aliphatic heterocycles. The minimum absolute atomic E-state index is 0.0670. The smallest absolute Gasteiger partial charge is 0.280 e. The lowest BCUT2D eigenvalue weighted by Crippen LogP contribution is -2.49. The van der Waals surface area contributed by atoms with E-state index in [-0.39, 0.29) is 47.6 Å². The van der Waals surface area contributed by atoms with E-state index in [9.17, 15) is 18.3 Å². The number of aliphatic hydroxyl groups is 1. The monoisotopic (exact) mass is 585 g/mol. The van der Waals surface area contributed by atoms with Crippen molar-refractivity contribution in [1.82, 2.24) is 19.4 Å². The summed E-state index contributed by atoms with van der Waals surface area (Å²) in [6, 6.07) is 10.1. The number of imidazole rings is 1. The number of amides is 1. The average Bonchev–Trinajstić information content (AvgIpc) is 3.59. The molecule has 0 aliphatic carbocycles. The van der Waals surface area contributed by atoms with Crippen molar-refractivity contribution < 1.29 is 32.5 Å². The highest BCUT2D eigenvalue weighted by Gasteiger charge is 2.34. The second-order valence-electron chi connectivity index (χ2n) is 10.7. The predicted octanol–water partition coefficient (Wildman–Crippen LogP) is 2.30. The van der Waals surface area contributed by atoms with Gasteiger partial charge >= 0.3 is 0 Å². The Morgan fingerprint density at radius 1 is 1.17 bits per heavy atom. The molecule has 1 aromatic heterocycles. The summed E-state index contributed by atoms with van der Waals surface area (Å²) in [6.45, 7) is 5.35. The van der Waals surface area contributed by atoms with E-state index in [2.05, 4.69) is 14.6 Å². The number of sulfonamides is 1. The molecule has 2 aromatic carbocycles. The number of anilines is 1. The normalized spacial score (nSPS) is 19.4. The second-order valence-corrected chi connectivity index (χ2v) is 12.3. The number of aliphatic hydroxyl groups excluding tert-OH is 1. The fourth-order valence-corrected chi connectivity index (χ4v) is 5.99. The van der Waals surface area contributed by atoms with Crippen LogP contribution in [0.25, 0.3) is 0 Å². The zero-order valence-electron chi connectivity index (χ0n) is 23.5. The molecule has 41 heavy (non-hydrogen) atoms. The molecule has 2 N–H and O–H groups in total. The first-order valence-corrected chi connectivity index (χ1v) is 14.8. The van der Waals surface area contributed by atoms with Gasteiger partial charge in [-0.3, -0.25) is 14.4 Å². The van der Waals surface area contributed by atoms with E-state index in [0.29, 0.717) is 25.4 Å². The zero-order chi connectivity index (χ0) is 29.3. The lowest BCUT2D eigenvalue weighted by molar-refractivity contribution is 0.0341. The molecular weight excluding hydrogens is 550 g/mol. The molecule has 0 radical (unpaired) electrons. The summed E-state index contributed by atoms with van der Waals surface area (Å²) in [6.07, 6.45) is 2.48. The first kappa shape index (κ1) is 28.7. The number of rotatable bonds is 9. The number of carbonyl (C=O) groups is 1. The van der Waals surface area contributed by atoms with E-state index in [0.717, 1.165) is 17.1 Å². The Labute approximate surface area is 239 Å². The lowest BCUT2D eigenvalue weighted by Gasteiger charge is -2.38. The number of nitrogens with zero attached hydrogens (tertiary/aromatic N) is 4. The molecule has 13 heteroatoms. The van der Waals surface area contributed by atoms with Crippen molar-refractivity contribution in [2.45, 2.75) is 37.6 Å². The Bertz CT molecular complexity index is 1530. The molecule has 220 valence electrons. The van der Waals surface area contributed by atoms with Gasteiger partial charge in [-0.05, 0) is 49.9 Å². The molecule has 3 heterocycles. The van der Waals surface area contributed by atoms with Crippen LogP contribution in [-0.2, 0) is 23.6 Å². The summed E-state index contributed by atoms with van der Waals surface area (Å²) in [5.41, 5.74) is 1.47. The van der Waals surface area contributed by atoms with E-state index < -0.39 is 16.1 Å². The predicted molar refractivity (Wildman–Crippen MR) is 151 cm³/mol. The Morgan fingerprint density at radius 3 is 2.66 bits per heavy atom. The first-order valence-electron chi connectivity index (χ1n) is 13.3. The topological polar surface area (TPSA) is 135 Å². The minimum Gasteiger partial charge on any atom is -0.488 e. The highest BCUT2D eigenvalue weighted by Crippen LogP contribution is 2.34. The molecule has 5 rings (SSSR count). The molecule has 0 bridgehead atoms. The van der Waals surface area contributed by atoms with Gasteiger partial charge < -0.3 is 28.8 Å². The van der Waals surface area contributed by atoms with Crippen LogP contribution in [0.3, 0.4) is 0 Å². The zero-order valence-corrected chi connectivity index (χ0v) is 24.3. The maximum atomic E-state index is 13.7. The van der Waals surface area contributed by atoms with Crippen molar-refractivity contribution in [2.75, 3.05) is 38.3 Å². The van der Waals surface area contributed by atoms with Crippen molar-refractivity contribution >= 4 is 21.6 Å². The molecule has 3 atom stereocenters. The largest absolute Gasteiger partial charge is 0.488 e. The van der Waals surface area contributed by atoms with E-state index in [1.54, 1.807) is 31.0 Å². The third-order valence-corrected chi connectivity index (χ3v) is 8.52. The molecule has 0 saturated carbocycles. The number of hydrogen-bond donors (Lipinski definition) is 2. The fourth-order valence-electron chi connectivity index (χ4n) is 4.96. The van der Waals surface area contributed by atoms with Gasteiger partial charge in [-0.2, -0.15) is 8.42 Å². The standard InChI is InChI=1S/C28H35N5O7S/c1-18-11-33(19(2)15-34)28(35)22-10-21(30-41(36,37)27-14-32(4)16-29-27)6-8-23(22)40-26(18)13-31(3)12-20-5-7-24-25(9-20)39-17-38-24/h5-10,14,16,18-19,26,30,34H,11-13,15,17H2,1-4H3/t18-,19+,26+/m0/s1. The van der Waals surface area contributed by atoms with Crippen LogP contribution in [0.15, 0.2) is 53.9 Å². The fraction of sp³-hybridized carbons (Fsp3) is 0.429. The summed E-state index contributed by atoms with van der Waals surface area (Å²) >= 11 is 0. The summed E-state index contributed by atoms with van der Waals surface area (Å²) in [5.74, 6) is 1.39. The number of benzene rings is 2. The third kappa shape index (κ3) is 6.26. The van der Waals surface area contributed by atoms with E-state index in [4.69, 9.17) is 14.2 Å². The number of hydrogen-bond acceptors (Lipinski definition) is 9. The van der Waals surface area contributed by atoms with Crippen LogP contribution in [0.5, 0.6) is 17.2 Å². The molecule has 2 aliphatic rings. The van der Waals surface area contributed by atoms with E-state index in [1.165, 1.54) is 23.2 Å². The van der Waals surface area contributed by atoms with Gasteiger partial charge in [-0.1, -0.05) is 13.0 Å². The Morgan fingerprint density at radius 2 is 1.93 bits per heavy atom. The van der Waals surface area contributed by atoms with Gasteiger partial charge in [0.05, 0.1) is 24.5 Å². The maximum absolute atomic E-state index is 13.7. The van der Waals surface area contributed by atoms with Gasteiger partial charge in [-0.25, -0.2) is 4.98 Å². The average molecular weight is 586 g/mol. The number of likely N-dealkylation sites (N-methyl/N-ethyl adjacent to an activating group) is 1. The van der Waals surface area contributed by atoms with Crippen molar-refractivity contribution in [3.8, 4) is 17.2 Å². The number of aromatic nitrogens is 2. The number of carbonyl (C=O) groups excluding carboxylic acids is 1. The summed E-state index contributed by atoms with van der Waals surface area (Å²) in [4.78, 5) is 21.4. The Hall–Kier alpha value is -3.81. The van der Waals surface area contributed by atoms with Gasteiger partial charge in [0.15, 0.2) is 16.5 Å². The van der Waals surface area contributed by atoms with Crippen LogP contribution in [0.2, 0.25) is 0 Å². The van der Waals surface area contributed by atoms with Crippen LogP contribution in [0.4, 0.5) is 5.69 Å². The number of fused-ring (bicyclic) bond motifs is 2. The number of ether oxygens (including phenoxy) is 3. The molecule has 0 saturated heterocycles. The summed E-state index contributed by atoms with van der Waals surface area (Å²) in [7, 11) is -0.298. The summed E-state index contributed by atoms with van der Waals surface area (Å²) < 4.78 is 47.1. The second kappa shape index (κ2) is 11.6. The minimum atomic E-state index is -3.97. The van der Waals surface area contributed by atoms with Gasteiger partial charge in [0.2, 0.25) is 6.79 Å². The number of aryl methyl sites for hydroxylation is 1. The van der Waals surface area contributed by atoms with Crippen molar-refractivity contribution in [2.24, 2.45) is 13.0 Å². The van der Waals surface area contributed by atoms with Crippen LogP contribution in [0.1, 0.15) is 29.8 Å². The number of nitrogens with one attached hydrogen (secondary N) is 1. The van der Waals surface area contributed by atoms with E-state index in [1.807, 2.05) is 32.2 Å². The SMILES string of the molecule is C[C@H](CO)N1C[C@H](C)[C@@H](CN(C)Cc2ccc3c(c2)OCO3)Oc2ccc(NS(=O)(=O)c3cn(C)cn3)cc2C1=O. The Kier molecular flexibility index (Phi) is 8.11. The van der Waals surface area contributed by atoms with Gasteiger partial charge in [0.1, 0.15) is 11.9 Å². The molecule has 3 aromatic rings. The van der Waals surface area contributed by atoms with Crippen molar-refractivity contribution in [3.63, 3.8) is 0 Å². The van der Waals surface area contributed by atoms with Crippen molar-refractivity contribution in [1.29, 1.82) is 0 Å². The highest BCUT2D eigenvalue weighted by atomic mass is 32.2. The molecule has 12 nitrogen and oxygen atoms in total. The molecule has 0 unspecified atom stereocenters. The van der Waals surface area contributed by atoms with Gasteiger partial charge in [0, 0.05) is 44.5 Å². The third-order valence-electron chi connectivity index (χ3n) is 7.25. The highest BCUT2D eigenvalue weighted by molar-refractivity contribution is 7.92. The summed E-state index contributed by atoms with van der Waals surface area (Å²) in [5, 5.41) is 9.79. The van der Waals surface area contributed by atoms with Crippen LogP contribution < -0.4 is 18.9 Å². The quantitative estimate of drug-likeness (QED) is 0.388. The first-order chi connectivity index (χ1) is 19.5. The lowest BCUT2D eigenvalue weighted by atomic mass is 9.99. The maximum Gasteiger partial charge on any atom is 0.280 e. The van der Waals surface area contributed by atoms with Crippen molar-refractivity contribution in [3.05, 3.63) is 60.0 Å². The van der Waals surface area contributed by atoms with Crippen LogP contribution >= 0.6 is 0 Å². The Balaban J connectivity index is 1.40. The molecule has 0 spiro atoms. The molecular formula is C28H35N5O7S. The van der Waals surface area contributed by atoms with Crippen LogP contribution in [0, 0.1) is 5.92 Å². The molecule has 0 fully saturated rings. The molecule has 1 amide bonds.